The molecule has 13 heteroatoms. The number of nitrogens with one attached hydrogen (secondary N) is 2. The first-order valence-corrected chi connectivity index (χ1v) is 9.86. The van der Waals surface area contributed by atoms with Crippen LogP contribution in [0.15, 0.2) is 42.7 Å². The van der Waals surface area contributed by atoms with E-state index in [1.165, 1.54) is 12.3 Å². The molecule has 1 aliphatic rings. The fourth-order valence-electron chi connectivity index (χ4n) is 3.53. The highest BCUT2D eigenvalue weighted by molar-refractivity contribution is 5.98. The van der Waals surface area contributed by atoms with Crippen LogP contribution in [0.3, 0.4) is 0 Å². The molecule has 0 radical (unpaired) electrons. The number of rotatable bonds is 5. The molecule has 3 heterocycles. The molecule has 2 aromatic heterocycles. The number of nitrogens with zero attached hydrogens (tertiary/aromatic N) is 3. The first-order valence-electron chi connectivity index (χ1n) is 9.86. The zero-order chi connectivity index (χ0) is 24.6. The Morgan fingerprint density at radius 3 is 2.44 bits per heavy atom. The normalized spacial score (nSPS) is 17.0. The summed E-state index contributed by atoms with van der Waals surface area (Å²) >= 11 is 0. The molecular weight excluding hydrogens is 489 g/mol. The molecule has 2 atom stereocenters. The molecule has 2 N–H and O–H groups in total. The van der Waals surface area contributed by atoms with E-state index < -0.39 is 41.5 Å². The van der Waals surface area contributed by atoms with Crippen molar-refractivity contribution in [2.75, 3.05) is 11.9 Å². The van der Waals surface area contributed by atoms with E-state index in [9.17, 15) is 31.5 Å². The summed E-state index contributed by atoms with van der Waals surface area (Å²) < 4.78 is 70.8. The topological polar surface area (TPSA) is 98.1 Å². The van der Waals surface area contributed by atoms with Crippen LogP contribution in [0, 0.1) is 23.5 Å². The largest absolute Gasteiger partial charge is 0.573 e. The minimum atomic E-state index is -5.06. The fraction of sp³-hybridized carbons (Fsp3) is 0.304. The highest BCUT2D eigenvalue weighted by Crippen LogP contribution is 2.32. The van der Waals surface area contributed by atoms with E-state index >= 15 is 0 Å². The Morgan fingerprint density at radius 1 is 1.11 bits per heavy atom. The highest BCUT2D eigenvalue weighted by atomic mass is 19.4. The molecule has 0 unspecified atom stereocenters. The van der Waals surface area contributed by atoms with Crippen molar-refractivity contribution < 1.29 is 36.3 Å². The first-order chi connectivity index (χ1) is 16.0. The molecule has 1 fully saturated rings. The minimum absolute atomic E-state index is 0. The van der Waals surface area contributed by atoms with Gasteiger partial charge in [-0.1, -0.05) is 21.8 Å². The lowest BCUT2D eigenvalue weighted by Gasteiger charge is -2.12. The number of aromatic nitrogens is 3. The first kappa shape index (κ1) is 28.2. The van der Waals surface area contributed by atoms with Crippen molar-refractivity contribution in [2.45, 2.75) is 28.1 Å². The molecule has 194 valence electrons. The number of anilines is 1. The fourth-order valence-corrected chi connectivity index (χ4v) is 3.53. The average Bonchev–Trinajstić information content (AvgIpc) is 3.30. The van der Waals surface area contributed by atoms with Crippen LogP contribution in [-0.2, 0) is 9.59 Å². The van der Waals surface area contributed by atoms with Gasteiger partial charge in [-0.15, -0.1) is 18.3 Å². The molecule has 0 bridgehead atoms. The summed E-state index contributed by atoms with van der Waals surface area (Å²) in [5.41, 5.74) is -0.0189. The molecule has 8 nitrogen and oxygen atoms in total. The molecule has 0 aliphatic carbocycles. The number of carbonyl (C=O) groups is 2. The van der Waals surface area contributed by atoms with Crippen molar-refractivity contribution in [3.63, 3.8) is 0 Å². The summed E-state index contributed by atoms with van der Waals surface area (Å²) in [6.07, 6.45) is -2.90. The molecule has 2 amide bonds. The van der Waals surface area contributed by atoms with Gasteiger partial charge in [0.2, 0.25) is 11.8 Å². The maximum Gasteiger partial charge on any atom is 0.573 e. The van der Waals surface area contributed by atoms with Gasteiger partial charge in [0.05, 0.1) is 29.7 Å². The molecule has 1 saturated heterocycles. The minimum Gasteiger partial charge on any atom is -0.406 e. The number of ether oxygens (including phenoxy) is 1. The summed E-state index contributed by atoms with van der Waals surface area (Å²) in [6, 6.07) is 4.71. The van der Waals surface area contributed by atoms with Gasteiger partial charge in [0.1, 0.15) is 17.4 Å². The maximum absolute atomic E-state index is 14.1. The second kappa shape index (κ2) is 10.7. The van der Waals surface area contributed by atoms with Gasteiger partial charge < -0.3 is 15.4 Å². The quantitative estimate of drug-likeness (QED) is 0.482. The van der Waals surface area contributed by atoms with Gasteiger partial charge in [-0.25, -0.2) is 13.5 Å². The van der Waals surface area contributed by atoms with Gasteiger partial charge in [0, 0.05) is 36.2 Å². The molecular formula is C23H24F5N5O3. The number of hydrogen-bond acceptors (Lipinski definition) is 5. The van der Waals surface area contributed by atoms with Crippen LogP contribution in [0.25, 0.3) is 16.9 Å². The summed E-state index contributed by atoms with van der Waals surface area (Å²) in [5.74, 6) is -4.71. The van der Waals surface area contributed by atoms with Crippen molar-refractivity contribution in [1.29, 1.82) is 0 Å². The highest BCUT2D eigenvalue weighted by Gasteiger charge is 2.36. The van der Waals surface area contributed by atoms with Gasteiger partial charge in [-0.3, -0.25) is 14.6 Å². The average molecular weight is 513 g/mol. The van der Waals surface area contributed by atoms with Crippen molar-refractivity contribution >= 4 is 17.6 Å². The van der Waals surface area contributed by atoms with E-state index in [4.69, 9.17) is 0 Å². The molecule has 36 heavy (non-hydrogen) atoms. The standard InChI is InChI=1S/C21H16F5N5O3.2CH4/c1-10-16(9-28-19(10)32)20(33)29-18-6-17(31(30-18)14-4-13(23)7-27-8-14)11-2-12(22)5-15(3-11)34-21(24,25)26;;/h2-8,10,16H,9H2,1H3,(H,28,32)(H,29,30,33);2*1H4/t10-,16+;;/m1../s1. The van der Waals surface area contributed by atoms with E-state index in [1.807, 2.05) is 0 Å². The Bertz CT molecular complexity index is 1260. The number of pyridine rings is 1. The van der Waals surface area contributed by atoms with Gasteiger partial charge in [0.15, 0.2) is 5.82 Å². The molecule has 0 saturated carbocycles. The zero-order valence-electron chi connectivity index (χ0n) is 17.4. The van der Waals surface area contributed by atoms with Crippen LogP contribution in [0.2, 0.25) is 0 Å². The van der Waals surface area contributed by atoms with E-state index in [-0.39, 0.29) is 50.1 Å². The lowest BCUT2D eigenvalue weighted by molar-refractivity contribution is -0.274. The summed E-state index contributed by atoms with van der Waals surface area (Å²) in [4.78, 5) is 28.1. The lowest BCUT2D eigenvalue weighted by atomic mass is 9.97. The smallest absolute Gasteiger partial charge is 0.406 e. The number of benzene rings is 1. The SMILES string of the molecule is C.C.C[C@H]1C(=O)NC[C@@H]1C(=O)Nc1cc(-c2cc(F)cc(OC(F)(F)F)c2)n(-c2cncc(F)c2)n1. The van der Waals surface area contributed by atoms with E-state index in [0.717, 1.165) is 29.1 Å². The number of carbonyl (C=O) groups excluding carboxylic acids is 2. The maximum atomic E-state index is 14.1. The Balaban J connectivity index is 0.00000228. The Kier molecular flexibility index (Phi) is 8.39. The van der Waals surface area contributed by atoms with E-state index in [2.05, 4.69) is 25.5 Å². The molecule has 4 rings (SSSR count). The van der Waals surface area contributed by atoms with Crippen LogP contribution in [0.1, 0.15) is 21.8 Å². The zero-order valence-corrected chi connectivity index (χ0v) is 17.4. The van der Waals surface area contributed by atoms with Crippen LogP contribution in [0.4, 0.5) is 27.8 Å². The number of hydrogen-bond donors (Lipinski definition) is 2. The summed E-state index contributed by atoms with van der Waals surface area (Å²) in [5, 5.41) is 9.28. The lowest BCUT2D eigenvalue weighted by Crippen LogP contribution is -2.28. The van der Waals surface area contributed by atoms with Gasteiger partial charge in [-0.2, -0.15) is 0 Å². The van der Waals surface area contributed by atoms with Crippen LogP contribution >= 0.6 is 0 Å². The van der Waals surface area contributed by atoms with Gasteiger partial charge in [0.25, 0.3) is 0 Å². The van der Waals surface area contributed by atoms with E-state index in [1.54, 1.807) is 6.92 Å². The third kappa shape index (κ3) is 6.15. The summed E-state index contributed by atoms with van der Waals surface area (Å²) in [6.45, 7) is 1.71. The van der Waals surface area contributed by atoms with Crippen molar-refractivity contribution in [3.8, 4) is 22.7 Å². The van der Waals surface area contributed by atoms with Crippen molar-refractivity contribution in [1.82, 2.24) is 20.1 Å². The Morgan fingerprint density at radius 2 is 1.83 bits per heavy atom. The third-order valence-corrected chi connectivity index (χ3v) is 5.15. The van der Waals surface area contributed by atoms with Crippen LogP contribution < -0.4 is 15.4 Å². The Hall–Kier alpha value is -4.03. The monoisotopic (exact) mass is 513 g/mol. The van der Waals surface area contributed by atoms with Crippen molar-refractivity contribution in [2.24, 2.45) is 11.8 Å². The van der Waals surface area contributed by atoms with Crippen LogP contribution in [0.5, 0.6) is 5.75 Å². The third-order valence-electron chi connectivity index (χ3n) is 5.15. The number of halogens is 5. The van der Waals surface area contributed by atoms with Gasteiger partial charge >= 0.3 is 6.36 Å². The van der Waals surface area contributed by atoms with Crippen LogP contribution in [-0.4, -0.2) is 39.5 Å². The molecule has 3 aromatic rings. The number of alkyl halides is 3. The number of amides is 2. The van der Waals surface area contributed by atoms with E-state index in [0.29, 0.717) is 6.07 Å². The van der Waals surface area contributed by atoms with Gasteiger partial charge in [-0.05, 0) is 12.1 Å². The Labute approximate surface area is 203 Å². The second-order valence-electron chi connectivity index (χ2n) is 7.54. The molecule has 1 aliphatic heterocycles. The predicted molar refractivity (Wildman–Crippen MR) is 121 cm³/mol. The molecule has 1 aromatic carbocycles. The summed E-state index contributed by atoms with van der Waals surface area (Å²) in [7, 11) is 0. The molecule has 0 spiro atoms. The predicted octanol–water partition coefficient (Wildman–Crippen LogP) is 4.70. The van der Waals surface area contributed by atoms with Crippen molar-refractivity contribution in [3.05, 3.63) is 54.4 Å². The second-order valence-corrected chi connectivity index (χ2v) is 7.54.